The number of hydrogen-bond acceptors (Lipinski definition) is 4. The summed E-state index contributed by atoms with van der Waals surface area (Å²) < 4.78 is 0. The van der Waals surface area contributed by atoms with E-state index in [9.17, 15) is 19.2 Å². The van der Waals surface area contributed by atoms with E-state index in [1.165, 1.54) is 36.4 Å². The Bertz CT molecular complexity index is 894. The number of hydrazine groups is 1. The fraction of sp³-hybridized carbons (Fsp3) is 0.158. The van der Waals surface area contributed by atoms with Gasteiger partial charge in [0.25, 0.3) is 11.8 Å². The van der Waals surface area contributed by atoms with E-state index in [0.717, 1.165) is 0 Å². The minimum absolute atomic E-state index is 0.265. The Labute approximate surface area is 164 Å². The van der Waals surface area contributed by atoms with Gasteiger partial charge in [0.2, 0.25) is 0 Å². The molecule has 138 valence electrons. The van der Waals surface area contributed by atoms with Crippen molar-refractivity contribution in [1.29, 1.82) is 0 Å². The Kier molecular flexibility index (Phi) is 5.58. The topological polar surface area (TPSA) is 92.3 Å². The van der Waals surface area contributed by atoms with Gasteiger partial charge in [0.05, 0.1) is 5.92 Å². The van der Waals surface area contributed by atoms with Crippen molar-refractivity contribution >= 4 is 46.6 Å². The van der Waals surface area contributed by atoms with Crippen LogP contribution in [0.5, 0.6) is 0 Å². The highest BCUT2D eigenvalue weighted by atomic mass is 35.5. The van der Waals surface area contributed by atoms with Gasteiger partial charge in [0.15, 0.2) is 11.6 Å². The van der Waals surface area contributed by atoms with Crippen LogP contribution in [0.1, 0.15) is 27.1 Å². The third-order valence-electron chi connectivity index (χ3n) is 4.31. The average Bonchev–Trinajstić information content (AvgIpc) is 2.98. The van der Waals surface area contributed by atoms with Gasteiger partial charge in [-0.05, 0) is 48.5 Å². The van der Waals surface area contributed by atoms with Crippen LogP contribution in [0.2, 0.25) is 10.0 Å². The molecule has 0 aromatic heterocycles. The van der Waals surface area contributed by atoms with Crippen LogP contribution in [0.15, 0.2) is 48.5 Å². The van der Waals surface area contributed by atoms with E-state index in [1.54, 1.807) is 12.1 Å². The molecule has 2 N–H and O–H groups in total. The molecule has 0 radical (unpaired) electrons. The normalized spacial score (nSPS) is 15.2. The second-order valence-electron chi connectivity index (χ2n) is 6.07. The molecule has 1 aliphatic rings. The largest absolute Gasteiger partial charge is 0.294 e. The highest BCUT2D eigenvalue weighted by Gasteiger charge is 2.44. The van der Waals surface area contributed by atoms with Crippen molar-refractivity contribution in [3.8, 4) is 0 Å². The van der Waals surface area contributed by atoms with Crippen LogP contribution < -0.4 is 10.9 Å². The molecule has 0 bridgehead atoms. The Morgan fingerprint density at radius 3 is 1.74 bits per heavy atom. The van der Waals surface area contributed by atoms with Gasteiger partial charge in [-0.2, -0.15) is 0 Å². The third kappa shape index (κ3) is 4.18. The van der Waals surface area contributed by atoms with E-state index in [2.05, 4.69) is 10.9 Å². The monoisotopic (exact) mass is 404 g/mol. The fourth-order valence-corrected chi connectivity index (χ4v) is 3.16. The highest BCUT2D eigenvalue weighted by Crippen LogP contribution is 2.27. The second-order valence-corrected chi connectivity index (χ2v) is 6.94. The molecule has 0 saturated carbocycles. The molecule has 2 amide bonds. The van der Waals surface area contributed by atoms with E-state index in [4.69, 9.17) is 23.2 Å². The Morgan fingerprint density at radius 2 is 1.26 bits per heavy atom. The van der Waals surface area contributed by atoms with Gasteiger partial charge in [0.1, 0.15) is 5.92 Å². The highest BCUT2D eigenvalue weighted by molar-refractivity contribution is 6.31. The first-order valence-corrected chi connectivity index (χ1v) is 8.80. The van der Waals surface area contributed by atoms with Crippen LogP contribution in [-0.2, 0) is 9.59 Å². The minimum Gasteiger partial charge on any atom is -0.294 e. The fourth-order valence-electron chi connectivity index (χ4n) is 2.91. The summed E-state index contributed by atoms with van der Waals surface area (Å²) >= 11 is 11.7. The first kappa shape index (κ1) is 19.1. The van der Waals surface area contributed by atoms with Gasteiger partial charge < -0.3 is 0 Å². The molecule has 0 spiro atoms. The zero-order valence-electron chi connectivity index (χ0n) is 13.9. The van der Waals surface area contributed by atoms with Gasteiger partial charge in [-0.1, -0.05) is 23.2 Å². The van der Waals surface area contributed by atoms with E-state index in [-0.39, 0.29) is 17.8 Å². The molecule has 1 aliphatic heterocycles. The lowest BCUT2D eigenvalue weighted by Crippen LogP contribution is -2.35. The maximum atomic E-state index is 13.0. The maximum absolute atomic E-state index is 13.0. The number of hydrogen-bond donors (Lipinski definition) is 2. The van der Waals surface area contributed by atoms with Gasteiger partial charge in [-0.25, -0.2) is 0 Å². The molecule has 6 nitrogen and oxygen atoms in total. The van der Waals surface area contributed by atoms with Crippen molar-refractivity contribution in [2.45, 2.75) is 6.42 Å². The summed E-state index contributed by atoms with van der Waals surface area (Å²) in [5.41, 5.74) is 5.00. The standard InChI is InChI=1S/C19H14Cl2N2O4/c20-12-5-1-10(2-6-12)15(24)9-14(16-18(26)22-23-19(16)27)17(25)11-3-7-13(21)8-4-11/h1-8,14,16H,9H2,(H,22,26)(H,23,27). The maximum Gasteiger partial charge on any atom is 0.251 e. The lowest BCUT2D eigenvalue weighted by Gasteiger charge is -2.18. The lowest BCUT2D eigenvalue weighted by molar-refractivity contribution is -0.129. The Balaban J connectivity index is 1.92. The molecule has 0 aliphatic carbocycles. The summed E-state index contributed by atoms with van der Waals surface area (Å²) in [5.74, 6) is -4.56. The van der Waals surface area contributed by atoms with Gasteiger partial charge in [-0.3, -0.25) is 30.0 Å². The SMILES string of the molecule is O=C(CC(C(=O)c1ccc(Cl)cc1)C1C(=O)NNC1=O)c1ccc(Cl)cc1. The predicted molar refractivity (Wildman–Crippen MR) is 99.4 cm³/mol. The van der Waals surface area contributed by atoms with Gasteiger partial charge in [-0.15, -0.1) is 0 Å². The van der Waals surface area contributed by atoms with Gasteiger partial charge in [0, 0.05) is 27.6 Å². The minimum atomic E-state index is -1.29. The number of ketones is 2. The Morgan fingerprint density at radius 1 is 0.815 bits per heavy atom. The number of rotatable bonds is 6. The molecular weight excluding hydrogens is 391 g/mol. The second kappa shape index (κ2) is 7.90. The number of carbonyl (C=O) groups is 4. The predicted octanol–water partition coefficient (Wildman–Crippen LogP) is 2.84. The molecule has 1 unspecified atom stereocenters. The van der Waals surface area contributed by atoms with Crippen LogP contribution in [0.3, 0.4) is 0 Å². The summed E-state index contributed by atoms with van der Waals surface area (Å²) in [4.78, 5) is 49.8. The zero-order valence-corrected chi connectivity index (χ0v) is 15.4. The smallest absolute Gasteiger partial charge is 0.251 e. The molecule has 2 aromatic carbocycles. The summed E-state index contributed by atoms with van der Waals surface area (Å²) in [5, 5.41) is 0.909. The van der Waals surface area contributed by atoms with Crippen molar-refractivity contribution in [2.24, 2.45) is 11.8 Å². The van der Waals surface area contributed by atoms with Crippen LogP contribution in [0.25, 0.3) is 0 Å². The van der Waals surface area contributed by atoms with Crippen LogP contribution in [0.4, 0.5) is 0 Å². The summed E-state index contributed by atoms with van der Waals surface area (Å²) in [6, 6.07) is 12.2. The summed E-state index contributed by atoms with van der Waals surface area (Å²) in [7, 11) is 0. The molecule has 1 saturated heterocycles. The quantitative estimate of drug-likeness (QED) is 0.571. The number of Topliss-reactive ketones (excluding diaryl/α,β-unsaturated/α-hetero) is 2. The Hall–Kier alpha value is -2.70. The molecule has 27 heavy (non-hydrogen) atoms. The molecule has 1 atom stereocenters. The summed E-state index contributed by atoms with van der Waals surface area (Å²) in [6.07, 6.45) is -0.297. The molecule has 1 fully saturated rings. The van der Waals surface area contributed by atoms with Crippen LogP contribution in [0, 0.1) is 11.8 Å². The summed E-state index contributed by atoms with van der Waals surface area (Å²) in [6.45, 7) is 0. The number of halogens is 2. The number of nitrogens with one attached hydrogen (secondary N) is 2. The lowest BCUT2D eigenvalue weighted by atomic mass is 9.81. The number of benzene rings is 2. The van der Waals surface area contributed by atoms with Crippen molar-refractivity contribution in [3.63, 3.8) is 0 Å². The van der Waals surface area contributed by atoms with E-state index < -0.39 is 29.4 Å². The van der Waals surface area contributed by atoms with E-state index in [1.807, 2.05) is 0 Å². The number of carbonyl (C=O) groups excluding carboxylic acids is 4. The molecule has 8 heteroatoms. The molecule has 2 aromatic rings. The molecule has 1 heterocycles. The average molecular weight is 405 g/mol. The molecule has 3 rings (SSSR count). The van der Waals surface area contributed by atoms with Gasteiger partial charge >= 0.3 is 0 Å². The van der Waals surface area contributed by atoms with Crippen LogP contribution >= 0.6 is 23.2 Å². The number of amides is 2. The van der Waals surface area contributed by atoms with E-state index >= 15 is 0 Å². The first-order chi connectivity index (χ1) is 12.9. The van der Waals surface area contributed by atoms with Crippen molar-refractivity contribution in [3.05, 3.63) is 69.7 Å². The first-order valence-electron chi connectivity index (χ1n) is 8.05. The third-order valence-corrected chi connectivity index (χ3v) is 4.82. The van der Waals surface area contributed by atoms with Crippen molar-refractivity contribution in [1.82, 2.24) is 10.9 Å². The zero-order chi connectivity index (χ0) is 19.6. The van der Waals surface area contributed by atoms with E-state index in [0.29, 0.717) is 15.6 Å². The molecular formula is C19H14Cl2N2O4. The van der Waals surface area contributed by atoms with Crippen LogP contribution in [-0.4, -0.2) is 23.4 Å². The van der Waals surface area contributed by atoms with Crippen molar-refractivity contribution in [2.75, 3.05) is 0 Å². The van der Waals surface area contributed by atoms with Crippen molar-refractivity contribution < 1.29 is 19.2 Å².